The molecule has 1 aliphatic carbocycles. The molecule has 0 bridgehead atoms. The molecule has 1 aromatic rings. The highest BCUT2D eigenvalue weighted by molar-refractivity contribution is 5.77. The van der Waals surface area contributed by atoms with Gasteiger partial charge in [0.1, 0.15) is 5.82 Å². The van der Waals surface area contributed by atoms with Crippen LogP contribution in [0.1, 0.15) is 50.5 Å². The number of carbonyl (C=O) groups is 1. The van der Waals surface area contributed by atoms with Gasteiger partial charge in [-0.15, -0.1) is 0 Å². The van der Waals surface area contributed by atoms with Gasteiger partial charge in [-0.25, -0.2) is 4.39 Å². The summed E-state index contributed by atoms with van der Waals surface area (Å²) in [6.07, 6.45) is 3.62. The summed E-state index contributed by atoms with van der Waals surface area (Å²) < 4.78 is 12.9. The third kappa shape index (κ3) is 4.04. The predicted octanol–water partition coefficient (Wildman–Crippen LogP) is 2.74. The van der Waals surface area contributed by atoms with Gasteiger partial charge < -0.3 is 10.4 Å². The van der Waals surface area contributed by atoms with E-state index in [2.05, 4.69) is 5.32 Å². The fraction of sp³-hybridized carbons (Fsp3) is 0.562. The molecule has 3 atom stereocenters. The van der Waals surface area contributed by atoms with Gasteiger partial charge in [0.25, 0.3) is 0 Å². The van der Waals surface area contributed by atoms with Crippen LogP contribution in [0.4, 0.5) is 4.39 Å². The first-order valence-corrected chi connectivity index (χ1v) is 7.29. The minimum Gasteiger partial charge on any atom is -0.391 e. The van der Waals surface area contributed by atoms with Crippen molar-refractivity contribution < 1.29 is 14.3 Å². The second-order valence-electron chi connectivity index (χ2n) is 5.68. The normalized spacial score (nSPS) is 24.1. The predicted molar refractivity (Wildman–Crippen MR) is 75.8 cm³/mol. The van der Waals surface area contributed by atoms with E-state index in [9.17, 15) is 14.3 Å². The van der Waals surface area contributed by atoms with Crippen LogP contribution in [0.2, 0.25) is 0 Å². The number of amides is 1. The standard InChI is InChI=1S/C16H22FNO2/c1-11(12-6-8-13(17)9-7-12)10-16(20)18-14-4-2-3-5-15(14)19/h6-9,11,14-15,19H,2-5,10H2,1H3,(H,18,20). The molecule has 1 amide bonds. The lowest BCUT2D eigenvalue weighted by Crippen LogP contribution is -2.45. The molecule has 110 valence electrons. The number of benzene rings is 1. The molecule has 0 heterocycles. The number of rotatable bonds is 4. The van der Waals surface area contributed by atoms with Crippen molar-refractivity contribution in [2.24, 2.45) is 0 Å². The smallest absolute Gasteiger partial charge is 0.220 e. The minimum atomic E-state index is -0.422. The van der Waals surface area contributed by atoms with Crippen molar-refractivity contribution in [1.29, 1.82) is 0 Å². The third-order valence-corrected chi connectivity index (χ3v) is 4.01. The Morgan fingerprint density at radius 3 is 2.65 bits per heavy atom. The molecule has 3 nitrogen and oxygen atoms in total. The van der Waals surface area contributed by atoms with Crippen LogP contribution in [0.15, 0.2) is 24.3 Å². The number of halogens is 1. The van der Waals surface area contributed by atoms with Crippen LogP contribution in [0, 0.1) is 5.82 Å². The van der Waals surface area contributed by atoms with Crippen LogP contribution >= 0.6 is 0 Å². The summed E-state index contributed by atoms with van der Waals surface area (Å²) in [5.74, 6) is -0.278. The van der Waals surface area contributed by atoms with Crippen LogP contribution < -0.4 is 5.32 Å². The molecule has 0 aliphatic heterocycles. The number of hydrogen-bond acceptors (Lipinski definition) is 2. The lowest BCUT2D eigenvalue weighted by Gasteiger charge is -2.28. The number of aliphatic hydroxyl groups excluding tert-OH is 1. The maximum Gasteiger partial charge on any atom is 0.220 e. The van der Waals surface area contributed by atoms with Gasteiger partial charge in [-0.3, -0.25) is 4.79 Å². The zero-order chi connectivity index (χ0) is 14.5. The molecule has 0 radical (unpaired) electrons. The summed E-state index contributed by atoms with van der Waals surface area (Å²) in [5, 5.41) is 12.8. The molecular formula is C16H22FNO2. The Bertz CT molecular complexity index is 446. The Hall–Kier alpha value is -1.42. The Labute approximate surface area is 119 Å². The summed E-state index contributed by atoms with van der Waals surface area (Å²) in [6.45, 7) is 1.95. The van der Waals surface area contributed by atoms with Gasteiger partial charge in [-0.05, 0) is 36.5 Å². The molecule has 1 saturated carbocycles. The Morgan fingerprint density at radius 2 is 2.00 bits per heavy atom. The molecule has 2 N–H and O–H groups in total. The maximum absolute atomic E-state index is 12.9. The highest BCUT2D eigenvalue weighted by Crippen LogP contribution is 2.21. The summed E-state index contributed by atoms with van der Waals surface area (Å²) in [6, 6.07) is 6.13. The van der Waals surface area contributed by atoms with E-state index in [0.29, 0.717) is 6.42 Å². The lowest BCUT2D eigenvalue weighted by molar-refractivity contribution is -0.123. The molecule has 0 aromatic heterocycles. The zero-order valence-electron chi connectivity index (χ0n) is 11.8. The highest BCUT2D eigenvalue weighted by atomic mass is 19.1. The average molecular weight is 279 g/mol. The molecule has 2 rings (SSSR count). The molecule has 20 heavy (non-hydrogen) atoms. The van der Waals surface area contributed by atoms with Crippen molar-refractivity contribution in [3.63, 3.8) is 0 Å². The highest BCUT2D eigenvalue weighted by Gasteiger charge is 2.24. The average Bonchev–Trinajstić information content (AvgIpc) is 2.42. The number of aliphatic hydroxyl groups is 1. The van der Waals surface area contributed by atoms with E-state index >= 15 is 0 Å². The van der Waals surface area contributed by atoms with Gasteiger partial charge in [-0.2, -0.15) is 0 Å². The summed E-state index contributed by atoms with van der Waals surface area (Å²) in [4.78, 5) is 12.0. The molecule has 1 aromatic carbocycles. The fourth-order valence-electron chi connectivity index (χ4n) is 2.73. The fourth-order valence-corrected chi connectivity index (χ4v) is 2.73. The van der Waals surface area contributed by atoms with E-state index in [0.717, 1.165) is 31.2 Å². The first-order valence-electron chi connectivity index (χ1n) is 7.29. The maximum atomic E-state index is 12.9. The first-order chi connectivity index (χ1) is 9.56. The Kier molecular flexibility index (Phi) is 5.12. The van der Waals surface area contributed by atoms with E-state index < -0.39 is 6.10 Å². The quantitative estimate of drug-likeness (QED) is 0.890. The van der Waals surface area contributed by atoms with E-state index in [-0.39, 0.29) is 23.7 Å². The van der Waals surface area contributed by atoms with E-state index in [1.807, 2.05) is 6.92 Å². The van der Waals surface area contributed by atoms with E-state index in [1.54, 1.807) is 12.1 Å². The Balaban J connectivity index is 1.85. The van der Waals surface area contributed by atoms with Gasteiger partial charge in [0.2, 0.25) is 5.91 Å². The van der Waals surface area contributed by atoms with Crippen molar-refractivity contribution >= 4 is 5.91 Å². The summed E-state index contributed by atoms with van der Waals surface area (Å²) >= 11 is 0. The topological polar surface area (TPSA) is 49.3 Å². The molecule has 3 unspecified atom stereocenters. The second-order valence-corrected chi connectivity index (χ2v) is 5.68. The molecule has 4 heteroatoms. The van der Waals surface area contributed by atoms with Gasteiger partial charge in [0, 0.05) is 6.42 Å². The van der Waals surface area contributed by atoms with Crippen LogP contribution in [-0.2, 0) is 4.79 Å². The minimum absolute atomic E-state index is 0.0383. The summed E-state index contributed by atoms with van der Waals surface area (Å²) in [5.41, 5.74) is 0.950. The van der Waals surface area contributed by atoms with E-state index in [4.69, 9.17) is 0 Å². The zero-order valence-corrected chi connectivity index (χ0v) is 11.8. The number of nitrogens with one attached hydrogen (secondary N) is 1. The lowest BCUT2D eigenvalue weighted by atomic mass is 9.92. The molecule has 0 spiro atoms. The molecule has 0 saturated heterocycles. The van der Waals surface area contributed by atoms with Gasteiger partial charge >= 0.3 is 0 Å². The van der Waals surface area contributed by atoms with Crippen LogP contribution in [0.25, 0.3) is 0 Å². The van der Waals surface area contributed by atoms with Crippen molar-refractivity contribution in [2.45, 2.75) is 57.1 Å². The van der Waals surface area contributed by atoms with E-state index in [1.165, 1.54) is 12.1 Å². The van der Waals surface area contributed by atoms with Gasteiger partial charge in [0.05, 0.1) is 12.1 Å². The molecular weight excluding hydrogens is 257 g/mol. The van der Waals surface area contributed by atoms with Gasteiger partial charge in [0.15, 0.2) is 0 Å². The SMILES string of the molecule is CC(CC(=O)NC1CCCCC1O)c1ccc(F)cc1. The summed E-state index contributed by atoms with van der Waals surface area (Å²) in [7, 11) is 0. The number of carbonyl (C=O) groups excluding carboxylic acids is 1. The van der Waals surface area contributed by atoms with Crippen LogP contribution in [-0.4, -0.2) is 23.2 Å². The van der Waals surface area contributed by atoms with Crippen molar-refractivity contribution in [3.8, 4) is 0 Å². The van der Waals surface area contributed by atoms with Crippen molar-refractivity contribution in [3.05, 3.63) is 35.6 Å². The monoisotopic (exact) mass is 279 g/mol. The van der Waals surface area contributed by atoms with Crippen molar-refractivity contribution in [2.75, 3.05) is 0 Å². The number of hydrogen-bond donors (Lipinski definition) is 2. The molecule has 1 aliphatic rings. The van der Waals surface area contributed by atoms with Crippen LogP contribution in [0.5, 0.6) is 0 Å². The van der Waals surface area contributed by atoms with Crippen molar-refractivity contribution in [1.82, 2.24) is 5.32 Å². The van der Waals surface area contributed by atoms with Crippen LogP contribution in [0.3, 0.4) is 0 Å². The molecule has 1 fully saturated rings. The third-order valence-electron chi connectivity index (χ3n) is 4.01. The Morgan fingerprint density at radius 1 is 1.35 bits per heavy atom. The second kappa shape index (κ2) is 6.84. The largest absolute Gasteiger partial charge is 0.391 e. The first kappa shape index (κ1) is 15.0. The van der Waals surface area contributed by atoms with Gasteiger partial charge in [-0.1, -0.05) is 31.9 Å².